The molecule has 5 aliphatic rings. The highest BCUT2D eigenvalue weighted by molar-refractivity contribution is 5.94. The van der Waals surface area contributed by atoms with E-state index in [0.29, 0.717) is 32.2 Å². The largest absolute Gasteiger partial charge is 0.471 e. The molecule has 0 spiro atoms. The number of nitrogens with one attached hydrogen (secondary N) is 3. The van der Waals surface area contributed by atoms with Crippen molar-refractivity contribution in [2.24, 2.45) is 17.8 Å². The number of rotatable bonds is 8. The molecule has 39 heavy (non-hydrogen) atoms. The Morgan fingerprint density at radius 1 is 1.08 bits per heavy atom. The van der Waals surface area contributed by atoms with Crippen LogP contribution in [0.2, 0.25) is 0 Å². The zero-order valence-electron chi connectivity index (χ0n) is 21.2. The molecule has 0 radical (unpaired) electrons. The number of hydrogen-bond acceptors (Lipinski definition) is 5. The Hall–Kier alpha value is -2.98. The first-order valence-corrected chi connectivity index (χ1v) is 13.4. The first-order valence-electron chi connectivity index (χ1n) is 13.4. The maximum atomic E-state index is 15.0. The zero-order valence-corrected chi connectivity index (χ0v) is 21.2. The van der Waals surface area contributed by atoms with Crippen molar-refractivity contribution < 1.29 is 41.1 Å². The molecular formula is C25H32F5N5O4. The average molecular weight is 562 g/mol. The number of halogens is 5. The average Bonchev–Trinajstić information content (AvgIpc) is 2.84. The third kappa shape index (κ3) is 6.27. The van der Waals surface area contributed by atoms with E-state index in [-0.39, 0.29) is 37.5 Å². The van der Waals surface area contributed by atoms with Crippen molar-refractivity contribution in [1.29, 1.82) is 5.26 Å². The first kappa shape index (κ1) is 29.0. The summed E-state index contributed by atoms with van der Waals surface area (Å²) in [6, 6.07) is -3.82. The highest BCUT2D eigenvalue weighted by atomic mass is 19.4. The van der Waals surface area contributed by atoms with Crippen LogP contribution in [0.3, 0.4) is 0 Å². The molecule has 2 saturated carbocycles. The molecule has 2 bridgehead atoms. The minimum absolute atomic E-state index is 0.0504. The number of alkyl halides is 5. The Labute approximate surface area is 222 Å². The van der Waals surface area contributed by atoms with Gasteiger partial charge in [0.25, 0.3) is 5.92 Å². The van der Waals surface area contributed by atoms with Crippen LogP contribution < -0.4 is 16.0 Å². The van der Waals surface area contributed by atoms with E-state index in [4.69, 9.17) is 0 Å². The summed E-state index contributed by atoms with van der Waals surface area (Å²) in [4.78, 5) is 51.9. The van der Waals surface area contributed by atoms with E-state index < -0.39 is 72.2 Å². The van der Waals surface area contributed by atoms with Crippen LogP contribution in [0.15, 0.2) is 0 Å². The van der Waals surface area contributed by atoms with Crippen LogP contribution in [0.5, 0.6) is 0 Å². The number of nitriles is 1. The van der Waals surface area contributed by atoms with E-state index >= 15 is 0 Å². The summed E-state index contributed by atoms with van der Waals surface area (Å²) < 4.78 is 69.1. The summed E-state index contributed by atoms with van der Waals surface area (Å²) in [5.41, 5.74) is 0. The minimum atomic E-state index is -5.26. The summed E-state index contributed by atoms with van der Waals surface area (Å²) in [5, 5.41) is 16.4. The smallest absolute Gasteiger partial charge is 0.356 e. The Kier molecular flexibility index (Phi) is 8.37. The van der Waals surface area contributed by atoms with E-state index in [1.165, 1.54) is 0 Å². The number of fused-ring (bicyclic) bond motifs is 3. The maximum Gasteiger partial charge on any atom is 0.471 e. The molecule has 2 aliphatic carbocycles. The fourth-order valence-corrected chi connectivity index (χ4v) is 6.27. The molecular weight excluding hydrogens is 529 g/mol. The van der Waals surface area contributed by atoms with E-state index in [9.17, 15) is 46.4 Å². The van der Waals surface area contributed by atoms with Crippen LogP contribution >= 0.6 is 0 Å². The highest BCUT2D eigenvalue weighted by Crippen LogP contribution is 2.49. The molecule has 0 aromatic carbocycles. The van der Waals surface area contributed by atoms with Crippen LogP contribution in [0.4, 0.5) is 22.0 Å². The van der Waals surface area contributed by atoms with Gasteiger partial charge in [0, 0.05) is 24.9 Å². The quantitative estimate of drug-likeness (QED) is 0.391. The number of hydrogen-bond donors (Lipinski definition) is 3. The predicted molar refractivity (Wildman–Crippen MR) is 125 cm³/mol. The molecule has 9 nitrogen and oxygen atoms in total. The summed E-state index contributed by atoms with van der Waals surface area (Å²) >= 11 is 0. The molecule has 216 valence electrons. The molecule has 3 saturated heterocycles. The second kappa shape index (κ2) is 11.3. The van der Waals surface area contributed by atoms with E-state index in [2.05, 4.69) is 10.6 Å². The van der Waals surface area contributed by atoms with E-state index in [1.807, 2.05) is 6.07 Å². The van der Waals surface area contributed by atoms with Crippen molar-refractivity contribution in [2.45, 2.75) is 100 Å². The van der Waals surface area contributed by atoms with Crippen LogP contribution in [-0.4, -0.2) is 71.3 Å². The minimum Gasteiger partial charge on any atom is -0.356 e. The molecule has 3 N–H and O–H groups in total. The number of carbonyl (C=O) groups is 4. The second-order valence-electron chi connectivity index (χ2n) is 11.1. The van der Waals surface area contributed by atoms with E-state index in [0.717, 1.165) is 11.3 Å². The first-order chi connectivity index (χ1) is 18.3. The second-order valence-corrected chi connectivity index (χ2v) is 11.1. The van der Waals surface area contributed by atoms with Crippen molar-refractivity contribution in [1.82, 2.24) is 20.9 Å². The maximum absolute atomic E-state index is 15.0. The predicted octanol–water partition coefficient (Wildman–Crippen LogP) is 2.16. The van der Waals surface area contributed by atoms with Gasteiger partial charge in [0.1, 0.15) is 18.1 Å². The summed E-state index contributed by atoms with van der Waals surface area (Å²) in [7, 11) is 0. The molecule has 6 atom stereocenters. The summed E-state index contributed by atoms with van der Waals surface area (Å²) in [5.74, 6) is -10.2. The molecule has 4 amide bonds. The lowest BCUT2D eigenvalue weighted by Crippen LogP contribution is -2.71. The monoisotopic (exact) mass is 561 g/mol. The Morgan fingerprint density at radius 3 is 2.36 bits per heavy atom. The molecule has 0 aromatic heterocycles. The standard InChI is InChI=1S/C25H32F5N5O4/c26-24(27)11-16-6-7-17(24)19(21(37)33-15(12-31)10-14-5-2-8-32-20(14)36)35(16)22(38)18(9-13-3-1-4-13)34-23(39)25(28,29)30/h13-19H,1-11H2,(H,32,36)(H,33,37)(H,34,39)/t14-,15+,16-,17-,18-,19-/m1/s1. The van der Waals surface area contributed by atoms with Gasteiger partial charge in [0.05, 0.1) is 12.0 Å². The van der Waals surface area contributed by atoms with Crippen LogP contribution in [0, 0.1) is 29.1 Å². The highest BCUT2D eigenvalue weighted by Gasteiger charge is 2.61. The molecule has 5 rings (SSSR count). The third-order valence-corrected chi connectivity index (χ3v) is 8.51. The van der Waals surface area contributed by atoms with Gasteiger partial charge in [-0.15, -0.1) is 0 Å². The molecule has 0 unspecified atom stereocenters. The fraction of sp³-hybridized carbons (Fsp3) is 0.800. The van der Waals surface area contributed by atoms with E-state index in [1.54, 1.807) is 5.32 Å². The van der Waals surface area contributed by atoms with Gasteiger partial charge in [-0.05, 0) is 44.4 Å². The van der Waals surface area contributed by atoms with Crippen LogP contribution in [0.1, 0.15) is 64.2 Å². The number of piperidine rings is 3. The van der Waals surface area contributed by atoms with Crippen molar-refractivity contribution in [3.05, 3.63) is 0 Å². The molecule has 3 heterocycles. The van der Waals surface area contributed by atoms with Gasteiger partial charge in [0.15, 0.2) is 0 Å². The van der Waals surface area contributed by atoms with Gasteiger partial charge < -0.3 is 20.9 Å². The van der Waals surface area contributed by atoms with Gasteiger partial charge in [-0.1, -0.05) is 19.3 Å². The Morgan fingerprint density at radius 2 is 1.79 bits per heavy atom. The number of carbonyl (C=O) groups excluding carboxylic acids is 4. The van der Waals surface area contributed by atoms with Gasteiger partial charge >= 0.3 is 12.1 Å². The molecule has 0 aromatic rings. The number of nitrogens with zero attached hydrogens (tertiary/aromatic N) is 2. The molecule has 14 heteroatoms. The Bertz CT molecular complexity index is 1030. The normalized spacial score (nSPS) is 29.8. The van der Waals surface area contributed by atoms with Crippen LogP contribution in [-0.2, 0) is 19.2 Å². The molecule has 5 fully saturated rings. The Balaban J connectivity index is 1.57. The van der Waals surface area contributed by atoms with Crippen molar-refractivity contribution in [3.8, 4) is 6.07 Å². The SMILES string of the molecule is N#C[C@H](C[C@H]1CCCNC1=O)NC(=O)[C@H]1[C@H]2CC[C@H](CC2(F)F)N1C(=O)[C@@H](CC1CCC1)NC(=O)C(F)(F)F. The lowest BCUT2D eigenvalue weighted by atomic mass is 9.71. The summed E-state index contributed by atoms with van der Waals surface area (Å²) in [6.07, 6.45) is -2.84. The topological polar surface area (TPSA) is 131 Å². The van der Waals surface area contributed by atoms with Gasteiger partial charge in [-0.25, -0.2) is 8.78 Å². The van der Waals surface area contributed by atoms with Crippen molar-refractivity contribution in [2.75, 3.05) is 6.54 Å². The van der Waals surface area contributed by atoms with Gasteiger partial charge in [-0.3, -0.25) is 19.2 Å². The van der Waals surface area contributed by atoms with Crippen molar-refractivity contribution >= 4 is 23.6 Å². The lowest BCUT2D eigenvalue weighted by Gasteiger charge is -2.54. The lowest BCUT2D eigenvalue weighted by molar-refractivity contribution is -0.196. The zero-order chi connectivity index (χ0) is 28.5. The van der Waals surface area contributed by atoms with Gasteiger partial charge in [-0.2, -0.15) is 18.4 Å². The third-order valence-electron chi connectivity index (χ3n) is 8.51. The van der Waals surface area contributed by atoms with Crippen LogP contribution in [0.25, 0.3) is 0 Å². The van der Waals surface area contributed by atoms with Gasteiger partial charge in [0.2, 0.25) is 17.7 Å². The fourth-order valence-electron chi connectivity index (χ4n) is 6.27. The van der Waals surface area contributed by atoms with Crippen molar-refractivity contribution in [3.63, 3.8) is 0 Å². The number of amides is 4. The summed E-state index contributed by atoms with van der Waals surface area (Å²) in [6.45, 7) is 0.489. The molecule has 3 aliphatic heterocycles.